The second-order valence-corrected chi connectivity index (χ2v) is 7.32. The van der Waals surface area contributed by atoms with E-state index in [1.165, 1.54) is 0 Å². The number of halogens is 7. The molecule has 30 heavy (non-hydrogen) atoms. The highest BCUT2D eigenvalue weighted by atomic mass is 35.5. The fourth-order valence-corrected chi connectivity index (χ4v) is 3.75. The molecular formula is C21H12ClF6NO. The van der Waals surface area contributed by atoms with Crippen molar-refractivity contribution in [2.45, 2.75) is 24.4 Å². The van der Waals surface area contributed by atoms with Gasteiger partial charge < -0.3 is 4.84 Å². The van der Waals surface area contributed by atoms with Crippen molar-refractivity contribution in [3.8, 4) is 0 Å². The van der Waals surface area contributed by atoms with E-state index in [0.29, 0.717) is 23.1 Å². The summed E-state index contributed by atoms with van der Waals surface area (Å²) < 4.78 is 81.9. The lowest BCUT2D eigenvalue weighted by Gasteiger charge is -2.30. The van der Waals surface area contributed by atoms with Gasteiger partial charge >= 0.3 is 12.4 Å². The van der Waals surface area contributed by atoms with E-state index >= 15 is 0 Å². The van der Waals surface area contributed by atoms with Crippen molar-refractivity contribution in [3.63, 3.8) is 0 Å². The molecule has 1 unspecified atom stereocenters. The molecule has 0 saturated heterocycles. The number of hydrogen-bond donors (Lipinski definition) is 0. The number of benzene rings is 3. The molecule has 4 rings (SSSR count). The van der Waals surface area contributed by atoms with Crippen molar-refractivity contribution in [1.82, 2.24) is 0 Å². The molecule has 1 aliphatic heterocycles. The van der Waals surface area contributed by atoms with Crippen molar-refractivity contribution < 1.29 is 31.2 Å². The molecule has 0 bridgehead atoms. The number of oxime groups is 1. The molecule has 0 amide bonds. The van der Waals surface area contributed by atoms with Gasteiger partial charge in [0.1, 0.15) is 0 Å². The Morgan fingerprint density at radius 3 is 2.30 bits per heavy atom. The van der Waals surface area contributed by atoms with Gasteiger partial charge in [-0.3, -0.25) is 0 Å². The third-order valence-electron chi connectivity index (χ3n) is 4.98. The van der Waals surface area contributed by atoms with Crippen LogP contribution in [-0.2, 0) is 16.6 Å². The molecule has 0 spiro atoms. The Labute approximate surface area is 171 Å². The van der Waals surface area contributed by atoms with Gasteiger partial charge in [0.25, 0.3) is 5.60 Å². The maximum absolute atomic E-state index is 14.1. The zero-order valence-electron chi connectivity index (χ0n) is 15.0. The summed E-state index contributed by atoms with van der Waals surface area (Å²) >= 11 is 5.72. The van der Waals surface area contributed by atoms with Gasteiger partial charge in [-0.05, 0) is 29.0 Å². The minimum Gasteiger partial charge on any atom is -0.374 e. The van der Waals surface area contributed by atoms with Gasteiger partial charge in [-0.2, -0.15) is 26.3 Å². The molecule has 3 aromatic carbocycles. The van der Waals surface area contributed by atoms with Gasteiger partial charge in [-0.1, -0.05) is 59.2 Å². The van der Waals surface area contributed by atoms with Crippen LogP contribution in [0, 0.1) is 0 Å². The van der Waals surface area contributed by atoms with Gasteiger partial charge in [0.2, 0.25) is 0 Å². The Hall–Kier alpha value is -2.74. The van der Waals surface area contributed by atoms with E-state index in [4.69, 9.17) is 16.4 Å². The van der Waals surface area contributed by atoms with E-state index in [2.05, 4.69) is 5.16 Å². The molecule has 0 N–H and O–H groups in total. The predicted molar refractivity (Wildman–Crippen MR) is 100 cm³/mol. The number of rotatable bonds is 2. The van der Waals surface area contributed by atoms with E-state index in [0.717, 1.165) is 11.5 Å². The molecule has 1 heterocycles. The molecule has 0 fully saturated rings. The first-order valence-electron chi connectivity index (χ1n) is 8.69. The molecule has 9 heteroatoms. The van der Waals surface area contributed by atoms with Crippen LogP contribution in [0.4, 0.5) is 26.3 Å². The van der Waals surface area contributed by atoms with Crippen LogP contribution in [0.1, 0.15) is 23.1 Å². The molecule has 0 aliphatic carbocycles. The average Bonchev–Trinajstić information content (AvgIpc) is 3.13. The van der Waals surface area contributed by atoms with Crippen LogP contribution in [0.25, 0.3) is 10.8 Å². The van der Waals surface area contributed by atoms with Crippen LogP contribution in [0.5, 0.6) is 0 Å². The third kappa shape index (κ3) is 3.39. The minimum atomic E-state index is -5.05. The lowest BCUT2D eigenvalue weighted by atomic mass is 9.85. The Bertz CT molecular complexity index is 1150. The second kappa shape index (κ2) is 6.91. The maximum Gasteiger partial charge on any atom is 0.435 e. The van der Waals surface area contributed by atoms with Crippen LogP contribution in [0.3, 0.4) is 0 Å². The maximum atomic E-state index is 14.1. The highest BCUT2D eigenvalue weighted by Crippen LogP contribution is 2.50. The van der Waals surface area contributed by atoms with Crippen LogP contribution < -0.4 is 0 Å². The second-order valence-electron chi connectivity index (χ2n) is 6.88. The van der Waals surface area contributed by atoms with Gasteiger partial charge in [0, 0.05) is 22.6 Å². The first-order chi connectivity index (χ1) is 14.0. The first kappa shape index (κ1) is 20.5. The summed E-state index contributed by atoms with van der Waals surface area (Å²) in [6.45, 7) is 0. The van der Waals surface area contributed by atoms with E-state index in [1.54, 1.807) is 42.5 Å². The molecule has 0 saturated carbocycles. The molecule has 2 nitrogen and oxygen atoms in total. The van der Waals surface area contributed by atoms with Gasteiger partial charge in [-0.25, -0.2) is 0 Å². The standard InChI is InChI=1S/C21H12ClF6NO/c22-15-9-13(8-14(10-15)20(23,24)25)19(21(26,27)28)11-18(29-30-19)17-7-3-5-12-4-1-2-6-16(12)17/h1-10H,11H2. The molecule has 1 atom stereocenters. The molecule has 1 aliphatic rings. The molecule has 156 valence electrons. The van der Waals surface area contributed by atoms with E-state index in [-0.39, 0.29) is 5.71 Å². The Kier molecular flexibility index (Phi) is 4.73. The van der Waals surface area contributed by atoms with Crippen molar-refractivity contribution in [1.29, 1.82) is 0 Å². The first-order valence-corrected chi connectivity index (χ1v) is 9.07. The van der Waals surface area contributed by atoms with E-state index in [1.807, 2.05) is 0 Å². The highest BCUT2D eigenvalue weighted by molar-refractivity contribution is 6.30. The van der Waals surface area contributed by atoms with Crippen molar-refractivity contribution in [2.24, 2.45) is 5.16 Å². The van der Waals surface area contributed by atoms with Crippen molar-refractivity contribution in [2.75, 3.05) is 0 Å². The summed E-state index contributed by atoms with van der Waals surface area (Å²) in [5, 5.41) is 4.60. The zero-order chi connectivity index (χ0) is 21.7. The van der Waals surface area contributed by atoms with E-state index in [9.17, 15) is 26.3 Å². The van der Waals surface area contributed by atoms with Crippen LogP contribution in [0.2, 0.25) is 5.02 Å². The topological polar surface area (TPSA) is 21.6 Å². The monoisotopic (exact) mass is 443 g/mol. The zero-order valence-corrected chi connectivity index (χ0v) is 15.7. The smallest absolute Gasteiger partial charge is 0.374 e. The minimum absolute atomic E-state index is 0.0161. The Morgan fingerprint density at radius 2 is 1.60 bits per heavy atom. The molecular weight excluding hydrogens is 432 g/mol. The van der Waals surface area contributed by atoms with Crippen LogP contribution >= 0.6 is 11.6 Å². The summed E-state index contributed by atoms with van der Waals surface area (Å²) in [6.07, 6.45) is -10.7. The fraction of sp³-hybridized carbons (Fsp3) is 0.190. The van der Waals surface area contributed by atoms with Crippen LogP contribution in [0.15, 0.2) is 65.8 Å². The number of nitrogens with zero attached hydrogens (tertiary/aromatic N) is 1. The summed E-state index contributed by atoms with van der Waals surface area (Å²) in [7, 11) is 0. The average molecular weight is 444 g/mol. The molecule has 0 aromatic heterocycles. The van der Waals surface area contributed by atoms with Crippen LogP contribution in [-0.4, -0.2) is 11.9 Å². The van der Waals surface area contributed by atoms with Crippen molar-refractivity contribution >= 4 is 28.1 Å². The van der Waals surface area contributed by atoms with Gasteiger partial charge in [-0.15, -0.1) is 0 Å². The SMILES string of the molecule is FC(F)(F)c1cc(Cl)cc(C2(C(F)(F)F)CC(c3cccc4ccccc34)=NO2)c1. The summed E-state index contributed by atoms with van der Waals surface area (Å²) in [5.74, 6) is 0. The molecule has 3 aromatic rings. The summed E-state index contributed by atoms with van der Waals surface area (Å²) in [5.41, 5.74) is -4.73. The predicted octanol–water partition coefficient (Wildman–Crippen LogP) is 7.09. The fourth-order valence-electron chi connectivity index (χ4n) is 3.51. The normalized spacial score (nSPS) is 19.6. The quantitative estimate of drug-likeness (QED) is 0.387. The third-order valence-corrected chi connectivity index (χ3v) is 5.20. The van der Waals surface area contributed by atoms with Gasteiger partial charge in [0.05, 0.1) is 11.3 Å². The Balaban J connectivity index is 1.83. The van der Waals surface area contributed by atoms with E-state index < -0.39 is 40.5 Å². The van der Waals surface area contributed by atoms with Crippen molar-refractivity contribution in [3.05, 3.63) is 82.4 Å². The summed E-state index contributed by atoms with van der Waals surface area (Å²) in [4.78, 5) is 4.87. The lowest BCUT2D eigenvalue weighted by molar-refractivity contribution is -0.276. The molecule has 0 radical (unpaired) electrons. The Morgan fingerprint density at radius 1 is 0.900 bits per heavy atom. The lowest BCUT2D eigenvalue weighted by Crippen LogP contribution is -2.43. The number of hydrogen-bond acceptors (Lipinski definition) is 2. The highest BCUT2D eigenvalue weighted by Gasteiger charge is 2.62. The number of fused-ring (bicyclic) bond motifs is 1. The largest absolute Gasteiger partial charge is 0.435 e. The summed E-state index contributed by atoms with van der Waals surface area (Å²) in [6, 6.07) is 13.9. The number of alkyl halides is 6. The van der Waals surface area contributed by atoms with Gasteiger partial charge in [0.15, 0.2) is 0 Å².